The van der Waals surface area contributed by atoms with E-state index in [2.05, 4.69) is 20.7 Å². The average molecular weight is 201 g/mol. The lowest BCUT2D eigenvalue weighted by atomic mass is 10.3. The SMILES string of the molecule is COC(=O)CNC(=O)NC1CCCN1. The molecule has 1 aliphatic rings. The molecule has 3 N–H and O–H groups in total. The number of ether oxygens (including phenoxy) is 1. The van der Waals surface area contributed by atoms with Gasteiger partial charge in [-0.05, 0) is 19.4 Å². The number of urea groups is 1. The Kier molecular flexibility index (Phi) is 4.18. The van der Waals surface area contributed by atoms with Gasteiger partial charge in [-0.25, -0.2) is 4.79 Å². The van der Waals surface area contributed by atoms with E-state index < -0.39 is 5.97 Å². The molecule has 0 spiro atoms. The summed E-state index contributed by atoms with van der Waals surface area (Å²) >= 11 is 0. The van der Waals surface area contributed by atoms with Crippen molar-refractivity contribution in [2.45, 2.75) is 19.0 Å². The fourth-order valence-electron chi connectivity index (χ4n) is 1.24. The maximum absolute atomic E-state index is 11.1. The molecule has 1 fully saturated rings. The predicted molar refractivity (Wildman–Crippen MR) is 49.6 cm³/mol. The molecular formula is C8H15N3O3. The molecule has 14 heavy (non-hydrogen) atoms. The van der Waals surface area contributed by atoms with E-state index in [-0.39, 0.29) is 18.7 Å². The van der Waals surface area contributed by atoms with Crippen LogP contribution in [0, 0.1) is 0 Å². The first-order valence-electron chi connectivity index (χ1n) is 4.57. The van der Waals surface area contributed by atoms with Gasteiger partial charge in [0.2, 0.25) is 0 Å². The molecule has 6 nitrogen and oxygen atoms in total. The number of esters is 1. The van der Waals surface area contributed by atoms with Crippen molar-refractivity contribution in [1.82, 2.24) is 16.0 Å². The van der Waals surface area contributed by atoms with Gasteiger partial charge >= 0.3 is 12.0 Å². The first kappa shape index (κ1) is 10.8. The second-order valence-electron chi connectivity index (χ2n) is 3.05. The molecule has 0 aromatic rings. The molecule has 0 bridgehead atoms. The summed E-state index contributed by atoms with van der Waals surface area (Å²) in [7, 11) is 1.28. The van der Waals surface area contributed by atoms with Crippen LogP contribution in [0.25, 0.3) is 0 Å². The Morgan fingerprint density at radius 1 is 1.57 bits per heavy atom. The second kappa shape index (κ2) is 5.43. The van der Waals surface area contributed by atoms with Crippen molar-refractivity contribution in [2.24, 2.45) is 0 Å². The lowest BCUT2D eigenvalue weighted by Crippen LogP contribution is -2.47. The van der Waals surface area contributed by atoms with E-state index in [1.54, 1.807) is 0 Å². The summed E-state index contributed by atoms with van der Waals surface area (Å²) in [5, 5.41) is 8.19. The quantitative estimate of drug-likeness (QED) is 0.521. The number of hydrogen-bond acceptors (Lipinski definition) is 4. The van der Waals surface area contributed by atoms with Crippen LogP contribution in [0.1, 0.15) is 12.8 Å². The van der Waals surface area contributed by atoms with Gasteiger partial charge in [-0.1, -0.05) is 0 Å². The highest BCUT2D eigenvalue weighted by molar-refractivity contribution is 5.80. The minimum atomic E-state index is -0.459. The molecule has 1 rings (SSSR count). The van der Waals surface area contributed by atoms with Crippen molar-refractivity contribution in [1.29, 1.82) is 0 Å². The Morgan fingerprint density at radius 2 is 2.36 bits per heavy atom. The Hall–Kier alpha value is -1.30. The Morgan fingerprint density at radius 3 is 2.93 bits per heavy atom. The zero-order chi connectivity index (χ0) is 10.4. The van der Waals surface area contributed by atoms with Crippen LogP contribution in [0.2, 0.25) is 0 Å². The lowest BCUT2D eigenvalue weighted by Gasteiger charge is -2.12. The molecule has 80 valence electrons. The monoisotopic (exact) mass is 201 g/mol. The van der Waals surface area contributed by atoms with E-state index in [1.165, 1.54) is 7.11 Å². The van der Waals surface area contributed by atoms with Gasteiger partial charge in [0.25, 0.3) is 0 Å². The first-order valence-corrected chi connectivity index (χ1v) is 4.57. The summed E-state index contributed by atoms with van der Waals surface area (Å²) in [6, 6.07) is -0.352. The van der Waals surface area contributed by atoms with Crippen molar-refractivity contribution >= 4 is 12.0 Å². The Bertz CT molecular complexity index is 214. The van der Waals surface area contributed by atoms with Crippen LogP contribution < -0.4 is 16.0 Å². The number of amides is 2. The Balaban J connectivity index is 2.12. The van der Waals surface area contributed by atoms with Crippen LogP contribution in [0.3, 0.4) is 0 Å². The largest absolute Gasteiger partial charge is 0.468 e. The molecule has 2 amide bonds. The van der Waals surface area contributed by atoms with Gasteiger partial charge in [-0.2, -0.15) is 0 Å². The third-order valence-corrected chi connectivity index (χ3v) is 1.99. The molecule has 1 unspecified atom stereocenters. The molecule has 0 radical (unpaired) electrons. The van der Waals surface area contributed by atoms with E-state index in [9.17, 15) is 9.59 Å². The summed E-state index contributed by atoms with van der Waals surface area (Å²) in [6.07, 6.45) is 2.00. The van der Waals surface area contributed by atoms with Crippen LogP contribution >= 0.6 is 0 Å². The molecule has 6 heteroatoms. The summed E-state index contributed by atoms with van der Waals surface area (Å²) in [6.45, 7) is 0.816. The van der Waals surface area contributed by atoms with E-state index in [0.717, 1.165) is 19.4 Å². The third kappa shape index (κ3) is 3.61. The van der Waals surface area contributed by atoms with Crippen LogP contribution in [0.4, 0.5) is 4.79 Å². The smallest absolute Gasteiger partial charge is 0.325 e. The van der Waals surface area contributed by atoms with Crippen molar-refractivity contribution < 1.29 is 14.3 Å². The van der Waals surface area contributed by atoms with Gasteiger partial charge in [0, 0.05) is 0 Å². The van der Waals surface area contributed by atoms with Crippen molar-refractivity contribution in [3.8, 4) is 0 Å². The zero-order valence-corrected chi connectivity index (χ0v) is 8.13. The van der Waals surface area contributed by atoms with Gasteiger partial charge in [-0.3, -0.25) is 10.1 Å². The number of rotatable bonds is 3. The normalized spacial score (nSPS) is 20.2. The fourth-order valence-corrected chi connectivity index (χ4v) is 1.24. The van der Waals surface area contributed by atoms with Crippen LogP contribution in [0.5, 0.6) is 0 Å². The molecule has 1 aliphatic heterocycles. The van der Waals surface area contributed by atoms with E-state index >= 15 is 0 Å². The van der Waals surface area contributed by atoms with E-state index in [1.807, 2.05) is 0 Å². The summed E-state index contributed by atoms with van der Waals surface area (Å²) in [5.41, 5.74) is 0. The molecule has 0 aliphatic carbocycles. The van der Waals surface area contributed by atoms with E-state index in [4.69, 9.17) is 0 Å². The summed E-state index contributed by atoms with van der Waals surface area (Å²) < 4.78 is 4.37. The van der Waals surface area contributed by atoms with Gasteiger partial charge in [-0.15, -0.1) is 0 Å². The van der Waals surface area contributed by atoms with Crippen molar-refractivity contribution in [2.75, 3.05) is 20.2 Å². The third-order valence-electron chi connectivity index (χ3n) is 1.99. The van der Waals surface area contributed by atoms with Crippen LogP contribution in [-0.4, -0.2) is 38.4 Å². The van der Waals surface area contributed by atoms with Gasteiger partial charge < -0.3 is 15.4 Å². The molecule has 0 aromatic carbocycles. The molecule has 0 aromatic heterocycles. The number of carbonyl (C=O) groups is 2. The van der Waals surface area contributed by atoms with Crippen molar-refractivity contribution in [3.05, 3.63) is 0 Å². The fraction of sp³-hybridized carbons (Fsp3) is 0.750. The molecule has 1 heterocycles. The topological polar surface area (TPSA) is 79.5 Å². The number of carbonyl (C=O) groups excluding carboxylic acids is 2. The highest BCUT2D eigenvalue weighted by atomic mass is 16.5. The zero-order valence-electron chi connectivity index (χ0n) is 8.13. The summed E-state index contributed by atoms with van der Waals surface area (Å²) in [5.74, 6) is -0.459. The first-order chi connectivity index (χ1) is 6.72. The standard InChI is InChI=1S/C8H15N3O3/c1-14-7(12)5-10-8(13)11-6-3-2-4-9-6/h6,9H,2-5H2,1H3,(H2,10,11,13). The highest BCUT2D eigenvalue weighted by Gasteiger charge is 2.16. The predicted octanol–water partition coefficient (Wildman–Crippen LogP) is -0.832. The van der Waals surface area contributed by atoms with Crippen molar-refractivity contribution in [3.63, 3.8) is 0 Å². The summed E-state index contributed by atoms with van der Waals surface area (Å²) in [4.78, 5) is 21.8. The Labute approximate surface area is 82.4 Å². The average Bonchev–Trinajstić information content (AvgIpc) is 2.66. The maximum atomic E-state index is 11.1. The molecular weight excluding hydrogens is 186 g/mol. The van der Waals surface area contributed by atoms with Gasteiger partial charge in [0.15, 0.2) is 0 Å². The lowest BCUT2D eigenvalue weighted by molar-refractivity contribution is -0.139. The maximum Gasteiger partial charge on any atom is 0.325 e. The van der Waals surface area contributed by atoms with Gasteiger partial charge in [0.1, 0.15) is 6.54 Å². The van der Waals surface area contributed by atoms with Crippen LogP contribution in [-0.2, 0) is 9.53 Å². The minimum Gasteiger partial charge on any atom is -0.468 e. The van der Waals surface area contributed by atoms with Crippen LogP contribution in [0.15, 0.2) is 0 Å². The second-order valence-corrected chi connectivity index (χ2v) is 3.05. The number of methoxy groups -OCH3 is 1. The minimum absolute atomic E-state index is 0.0210. The molecule has 1 atom stereocenters. The molecule has 1 saturated heterocycles. The number of hydrogen-bond donors (Lipinski definition) is 3. The molecule has 0 saturated carbocycles. The number of nitrogens with one attached hydrogen (secondary N) is 3. The van der Waals surface area contributed by atoms with E-state index in [0.29, 0.717) is 0 Å². The van der Waals surface area contributed by atoms with Gasteiger partial charge in [0.05, 0.1) is 13.3 Å². The highest BCUT2D eigenvalue weighted by Crippen LogP contribution is 2.00.